The molecule has 0 bridgehead atoms. The van der Waals surface area contributed by atoms with Gasteiger partial charge in [-0.15, -0.1) is 0 Å². The first-order chi connectivity index (χ1) is 12.6. The molecule has 26 heavy (non-hydrogen) atoms. The van der Waals surface area contributed by atoms with Crippen molar-refractivity contribution >= 4 is 23.1 Å². The summed E-state index contributed by atoms with van der Waals surface area (Å²) in [5, 5.41) is 8.31. The van der Waals surface area contributed by atoms with Crippen molar-refractivity contribution in [2.75, 3.05) is 5.32 Å². The molecule has 0 amide bonds. The van der Waals surface area contributed by atoms with Crippen LogP contribution in [0, 0.1) is 6.92 Å². The summed E-state index contributed by atoms with van der Waals surface area (Å²) in [5.41, 5.74) is 3.82. The molecule has 1 N–H and O–H groups in total. The molecule has 2 aromatic heterocycles. The lowest BCUT2D eigenvalue weighted by Crippen LogP contribution is -2.17. The minimum Gasteiger partial charge on any atom is -0.360 e. The Morgan fingerprint density at radius 3 is 2.73 bits per heavy atom. The molecule has 0 fully saturated rings. The van der Waals surface area contributed by atoms with Gasteiger partial charge in [-0.05, 0) is 44.0 Å². The number of hydrogen-bond donors (Lipinski definition) is 1. The Labute approximate surface area is 156 Å². The minimum atomic E-state index is 0.00508. The van der Waals surface area contributed by atoms with Gasteiger partial charge in [0.2, 0.25) is 0 Å². The van der Waals surface area contributed by atoms with Gasteiger partial charge in [-0.2, -0.15) is 5.10 Å². The Balaban J connectivity index is 1.66. The van der Waals surface area contributed by atoms with Gasteiger partial charge in [-0.3, -0.25) is 4.79 Å². The van der Waals surface area contributed by atoms with Gasteiger partial charge in [0.05, 0.1) is 27.7 Å². The molecule has 1 aliphatic carbocycles. The Morgan fingerprint density at radius 2 is 1.96 bits per heavy atom. The maximum atomic E-state index is 13.0. The molecular formula is C20H17ClN4O. The van der Waals surface area contributed by atoms with E-state index in [4.69, 9.17) is 11.6 Å². The predicted octanol–water partition coefficient (Wildman–Crippen LogP) is 4.35. The summed E-state index contributed by atoms with van der Waals surface area (Å²) < 4.78 is 1.78. The second kappa shape index (κ2) is 6.77. The van der Waals surface area contributed by atoms with Gasteiger partial charge in [0.1, 0.15) is 0 Å². The van der Waals surface area contributed by atoms with Crippen LogP contribution < -0.4 is 5.32 Å². The number of carbonyl (C=O) groups excluding carboxylic acids is 1. The number of anilines is 1. The third-order valence-corrected chi connectivity index (χ3v) is 4.78. The predicted molar refractivity (Wildman–Crippen MR) is 102 cm³/mol. The Morgan fingerprint density at radius 1 is 1.15 bits per heavy atom. The highest BCUT2D eigenvalue weighted by Crippen LogP contribution is 2.29. The maximum absolute atomic E-state index is 13.0. The summed E-state index contributed by atoms with van der Waals surface area (Å²) in [7, 11) is 0. The number of nitrogens with one attached hydrogen (secondary N) is 1. The molecule has 1 aromatic carbocycles. The molecule has 3 aromatic rings. The van der Waals surface area contributed by atoms with E-state index in [9.17, 15) is 4.79 Å². The number of pyridine rings is 1. The van der Waals surface area contributed by atoms with Crippen molar-refractivity contribution in [3.05, 3.63) is 82.4 Å². The van der Waals surface area contributed by atoms with Crippen molar-refractivity contribution in [2.24, 2.45) is 0 Å². The first kappa shape index (κ1) is 16.5. The zero-order valence-electron chi connectivity index (χ0n) is 14.2. The van der Waals surface area contributed by atoms with E-state index in [0.29, 0.717) is 17.0 Å². The van der Waals surface area contributed by atoms with E-state index in [1.807, 2.05) is 49.4 Å². The smallest absolute Gasteiger partial charge is 0.194 e. The summed E-state index contributed by atoms with van der Waals surface area (Å²) in [6.45, 7) is 1.86. The molecule has 5 nitrogen and oxygen atoms in total. The minimum absolute atomic E-state index is 0.00508. The number of hydrogen-bond acceptors (Lipinski definition) is 4. The van der Waals surface area contributed by atoms with Crippen LogP contribution in [-0.4, -0.2) is 20.5 Å². The van der Waals surface area contributed by atoms with E-state index >= 15 is 0 Å². The fraction of sp³-hybridized carbons (Fsp3) is 0.150. The largest absolute Gasteiger partial charge is 0.360 e. The van der Waals surface area contributed by atoms with Crippen LogP contribution in [0.1, 0.15) is 28.2 Å². The van der Waals surface area contributed by atoms with E-state index in [1.54, 1.807) is 17.1 Å². The van der Waals surface area contributed by atoms with Crippen molar-refractivity contribution in [1.29, 1.82) is 0 Å². The number of nitrogens with zero attached hydrogens (tertiary/aromatic N) is 3. The van der Waals surface area contributed by atoms with Crippen LogP contribution >= 0.6 is 11.6 Å². The zero-order valence-corrected chi connectivity index (χ0v) is 15.0. The highest BCUT2D eigenvalue weighted by Gasteiger charge is 2.29. The topological polar surface area (TPSA) is 59.8 Å². The second-order valence-electron chi connectivity index (χ2n) is 6.13. The molecule has 4 rings (SSSR count). The first-order valence-corrected chi connectivity index (χ1v) is 8.77. The second-order valence-corrected chi connectivity index (χ2v) is 6.54. The third kappa shape index (κ3) is 2.91. The number of carbonyl (C=O) groups is 1. The third-order valence-electron chi connectivity index (χ3n) is 4.45. The number of Topliss-reactive ketones (excluding diaryl/α,β-unsaturated/α-hetero) is 1. The van der Waals surface area contributed by atoms with Crippen LogP contribution in [0.15, 0.2) is 60.4 Å². The van der Waals surface area contributed by atoms with Gasteiger partial charge in [0.25, 0.3) is 0 Å². The number of ketones is 1. The van der Waals surface area contributed by atoms with Crippen molar-refractivity contribution in [2.45, 2.75) is 19.8 Å². The first-order valence-electron chi connectivity index (χ1n) is 8.40. The zero-order chi connectivity index (χ0) is 18.1. The SMILES string of the molecule is Cc1nn(-c2ccccn2)c2c1C(=O)/C(=C/Nc1ccccc1Cl)CC2. The Hall–Kier alpha value is -2.92. The molecule has 0 atom stereocenters. The molecule has 6 heteroatoms. The van der Waals surface area contributed by atoms with E-state index in [0.717, 1.165) is 34.9 Å². The van der Waals surface area contributed by atoms with E-state index in [2.05, 4.69) is 15.4 Å². The normalized spacial score (nSPS) is 15.2. The fourth-order valence-electron chi connectivity index (χ4n) is 3.18. The van der Waals surface area contributed by atoms with Crippen molar-refractivity contribution in [1.82, 2.24) is 14.8 Å². The quantitative estimate of drug-likeness (QED) is 0.702. The van der Waals surface area contributed by atoms with Crippen molar-refractivity contribution in [3.63, 3.8) is 0 Å². The summed E-state index contributed by atoms with van der Waals surface area (Å²) in [6, 6.07) is 13.1. The number of benzene rings is 1. The van der Waals surface area contributed by atoms with Crippen LogP contribution in [0.25, 0.3) is 5.82 Å². The standard InChI is InChI=1S/C20H17ClN4O/c1-13-19-17(25(24-13)18-8-4-5-11-22-18)10-9-14(20(19)26)12-23-16-7-3-2-6-15(16)21/h2-8,11-12,23H,9-10H2,1H3/b14-12+. The van der Waals surface area contributed by atoms with E-state index < -0.39 is 0 Å². The fourth-order valence-corrected chi connectivity index (χ4v) is 3.37. The number of allylic oxidation sites excluding steroid dienone is 1. The Kier molecular flexibility index (Phi) is 4.31. The molecule has 130 valence electrons. The van der Waals surface area contributed by atoms with Crippen LogP contribution in [-0.2, 0) is 6.42 Å². The number of aromatic nitrogens is 3. The van der Waals surface area contributed by atoms with Gasteiger partial charge in [-0.25, -0.2) is 9.67 Å². The van der Waals surface area contributed by atoms with Gasteiger partial charge in [0, 0.05) is 18.0 Å². The van der Waals surface area contributed by atoms with Crippen molar-refractivity contribution in [3.8, 4) is 5.82 Å². The number of fused-ring (bicyclic) bond motifs is 1. The average Bonchev–Trinajstić information content (AvgIpc) is 3.00. The molecule has 2 heterocycles. The summed E-state index contributed by atoms with van der Waals surface area (Å²) in [4.78, 5) is 17.3. The number of halogens is 1. The molecule has 1 aliphatic rings. The van der Waals surface area contributed by atoms with E-state index in [-0.39, 0.29) is 5.78 Å². The number of para-hydroxylation sites is 1. The highest BCUT2D eigenvalue weighted by molar-refractivity contribution is 6.33. The van der Waals surface area contributed by atoms with Crippen LogP contribution in [0.2, 0.25) is 5.02 Å². The van der Waals surface area contributed by atoms with Gasteiger partial charge < -0.3 is 5.32 Å². The number of rotatable bonds is 3. The monoisotopic (exact) mass is 364 g/mol. The summed E-state index contributed by atoms with van der Waals surface area (Å²) in [5.74, 6) is 0.733. The van der Waals surface area contributed by atoms with Crippen molar-refractivity contribution < 1.29 is 4.79 Å². The van der Waals surface area contributed by atoms with Crippen LogP contribution in [0.5, 0.6) is 0 Å². The van der Waals surface area contributed by atoms with Gasteiger partial charge >= 0.3 is 0 Å². The molecule has 0 aliphatic heterocycles. The highest BCUT2D eigenvalue weighted by atomic mass is 35.5. The molecule has 0 saturated carbocycles. The average molecular weight is 365 g/mol. The van der Waals surface area contributed by atoms with Crippen LogP contribution in [0.3, 0.4) is 0 Å². The lowest BCUT2D eigenvalue weighted by Gasteiger charge is -2.16. The van der Waals surface area contributed by atoms with Gasteiger partial charge in [-0.1, -0.05) is 29.8 Å². The molecule has 0 saturated heterocycles. The molecule has 0 radical (unpaired) electrons. The van der Waals surface area contributed by atoms with Crippen LogP contribution in [0.4, 0.5) is 5.69 Å². The molecular weight excluding hydrogens is 348 g/mol. The van der Waals surface area contributed by atoms with E-state index in [1.165, 1.54) is 0 Å². The lowest BCUT2D eigenvalue weighted by molar-refractivity contribution is 0.102. The maximum Gasteiger partial charge on any atom is 0.194 e. The Bertz CT molecular complexity index is 1010. The summed E-state index contributed by atoms with van der Waals surface area (Å²) >= 11 is 6.16. The van der Waals surface area contributed by atoms with Gasteiger partial charge in [0.15, 0.2) is 11.6 Å². The molecule has 0 unspecified atom stereocenters. The summed E-state index contributed by atoms with van der Waals surface area (Å²) in [6.07, 6.45) is 4.85. The lowest BCUT2D eigenvalue weighted by atomic mass is 9.90. The number of aryl methyl sites for hydroxylation is 1. The molecule has 0 spiro atoms.